The number of carbonyl (C=O) groups is 1. The van der Waals surface area contributed by atoms with E-state index in [4.69, 9.17) is 4.74 Å². The van der Waals surface area contributed by atoms with Crippen LogP contribution in [0.5, 0.6) is 5.75 Å². The summed E-state index contributed by atoms with van der Waals surface area (Å²) in [5.41, 5.74) is 1.29. The lowest BCUT2D eigenvalue weighted by atomic mass is 9.88. The molecule has 202 valence electrons. The van der Waals surface area contributed by atoms with Gasteiger partial charge in [-0.3, -0.25) is 4.79 Å². The van der Waals surface area contributed by atoms with Crippen LogP contribution < -0.4 is 0 Å². The first kappa shape index (κ1) is 31.5. The third-order valence-electron chi connectivity index (χ3n) is 7.48. The predicted molar refractivity (Wildman–Crippen MR) is 150 cm³/mol. The highest BCUT2D eigenvalue weighted by Crippen LogP contribution is 2.29. The zero-order valence-corrected chi connectivity index (χ0v) is 23.4. The Morgan fingerprint density at radius 1 is 0.714 bits per heavy atom. The van der Waals surface area contributed by atoms with Gasteiger partial charge in [0.05, 0.1) is 6.61 Å². The quantitative estimate of drug-likeness (QED) is 0.123. The molecule has 0 amide bonds. The first-order valence-corrected chi connectivity index (χ1v) is 15.0. The van der Waals surface area contributed by atoms with Crippen molar-refractivity contribution in [1.82, 2.24) is 0 Å². The van der Waals surface area contributed by atoms with E-state index in [0.29, 0.717) is 30.6 Å². The Labute approximate surface area is 217 Å². The number of benzene rings is 1. The Morgan fingerprint density at radius 2 is 1.26 bits per heavy atom. The Bertz CT molecular complexity index is 610. The summed E-state index contributed by atoms with van der Waals surface area (Å²) in [5, 5.41) is 9.68. The van der Waals surface area contributed by atoms with E-state index in [1.807, 2.05) is 0 Å². The summed E-state index contributed by atoms with van der Waals surface area (Å²) in [6.07, 6.45) is 23.1. The van der Waals surface area contributed by atoms with Gasteiger partial charge in [-0.15, -0.1) is 0 Å². The van der Waals surface area contributed by atoms with Gasteiger partial charge >= 0.3 is 5.97 Å². The first-order valence-electron chi connectivity index (χ1n) is 15.0. The SMILES string of the molecule is CCCCCCCCCCCCCC(CCCC(=O)OCC(CC)CCCC)c1ccc(O)cc1. The molecule has 1 N–H and O–H groups in total. The standard InChI is InChI=1S/C32H56O3/c1-4-7-9-10-11-12-13-14-15-16-17-20-29(30-23-25-31(33)26-24-30)21-18-22-32(34)35-27-28(6-3)19-8-5-2/h23-26,28-29,33H,4-22,27H2,1-3H3. The minimum absolute atomic E-state index is 0.0425. The normalized spacial score (nSPS) is 13.0. The smallest absolute Gasteiger partial charge is 0.305 e. The van der Waals surface area contributed by atoms with Gasteiger partial charge in [-0.05, 0) is 55.2 Å². The van der Waals surface area contributed by atoms with E-state index in [1.165, 1.54) is 89.0 Å². The molecule has 35 heavy (non-hydrogen) atoms. The number of hydrogen-bond acceptors (Lipinski definition) is 3. The number of hydrogen-bond donors (Lipinski definition) is 1. The average Bonchev–Trinajstić information content (AvgIpc) is 2.87. The number of aromatic hydroxyl groups is 1. The second-order valence-electron chi connectivity index (χ2n) is 10.6. The van der Waals surface area contributed by atoms with Gasteiger partial charge in [0.25, 0.3) is 0 Å². The molecule has 0 aromatic heterocycles. The summed E-state index contributed by atoms with van der Waals surface area (Å²) < 4.78 is 5.60. The van der Waals surface area contributed by atoms with Crippen molar-refractivity contribution in [3.8, 4) is 5.75 Å². The number of rotatable bonds is 23. The molecule has 0 heterocycles. The molecule has 0 bridgehead atoms. The van der Waals surface area contributed by atoms with Gasteiger partial charge in [0.1, 0.15) is 5.75 Å². The molecule has 2 unspecified atom stereocenters. The summed E-state index contributed by atoms with van der Waals surface area (Å²) >= 11 is 0. The monoisotopic (exact) mass is 488 g/mol. The van der Waals surface area contributed by atoms with Crippen LogP contribution >= 0.6 is 0 Å². The highest BCUT2D eigenvalue weighted by molar-refractivity contribution is 5.69. The Morgan fingerprint density at radius 3 is 1.83 bits per heavy atom. The van der Waals surface area contributed by atoms with Crippen LogP contribution in [-0.4, -0.2) is 17.7 Å². The summed E-state index contributed by atoms with van der Waals surface area (Å²) in [5.74, 6) is 1.23. The fraction of sp³-hybridized carbons (Fsp3) is 0.781. The third kappa shape index (κ3) is 16.7. The lowest BCUT2D eigenvalue weighted by molar-refractivity contribution is -0.145. The lowest BCUT2D eigenvalue weighted by Gasteiger charge is -2.18. The number of phenolic OH excluding ortho intramolecular Hbond substituents is 1. The maximum Gasteiger partial charge on any atom is 0.305 e. The van der Waals surface area contributed by atoms with Gasteiger partial charge in [-0.25, -0.2) is 0 Å². The van der Waals surface area contributed by atoms with Gasteiger partial charge in [0, 0.05) is 6.42 Å². The van der Waals surface area contributed by atoms with Crippen LogP contribution in [0.4, 0.5) is 0 Å². The van der Waals surface area contributed by atoms with E-state index < -0.39 is 0 Å². The number of unbranched alkanes of at least 4 members (excludes halogenated alkanes) is 11. The van der Waals surface area contributed by atoms with E-state index in [9.17, 15) is 9.90 Å². The largest absolute Gasteiger partial charge is 0.508 e. The van der Waals surface area contributed by atoms with E-state index in [0.717, 1.165) is 32.1 Å². The second kappa shape index (κ2) is 21.7. The summed E-state index contributed by atoms with van der Waals surface area (Å²) in [6.45, 7) is 7.25. The van der Waals surface area contributed by atoms with Crippen LogP contribution in [-0.2, 0) is 9.53 Å². The summed E-state index contributed by atoms with van der Waals surface area (Å²) in [4.78, 5) is 12.3. The maximum absolute atomic E-state index is 12.3. The molecule has 1 aromatic rings. The van der Waals surface area contributed by atoms with Crippen LogP contribution in [0.3, 0.4) is 0 Å². The molecule has 0 saturated heterocycles. The van der Waals surface area contributed by atoms with E-state index in [1.54, 1.807) is 12.1 Å². The molecule has 1 aromatic carbocycles. The molecule has 0 aliphatic carbocycles. The molecule has 0 aliphatic heterocycles. The number of phenols is 1. The average molecular weight is 489 g/mol. The molecule has 3 nitrogen and oxygen atoms in total. The van der Waals surface area contributed by atoms with E-state index in [-0.39, 0.29) is 5.97 Å². The van der Waals surface area contributed by atoms with Crippen LogP contribution in [0.2, 0.25) is 0 Å². The first-order chi connectivity index (χ1) is 17.1. The minimum atomic E-state index is -0.0425. The van der Waals surface area contributed by atoms with Gasteiger partial charge in [0.2, 0.25) is 0 Å². The molecule has 0 saturated carbocycles. The minimum Gasteiger partial charge on any atom is -0.508 e. The topological polar surface area (TPSA) is 46.5 Å². The molecule has 0 spiro atoms. The molecular formula is C32H56O3. The van der Waals surface area contributed by atoms with Gasteiger partial charge in [-0.1, -0.05) is 123 Å². The van der Waals surface area contributed by atoms with Crippen LogP contribution in [0.25, 0.3) is 0 Å². The Kier molecular flexibility index (Phi) is 19.6. The highest BCUT2D eigenvalue weighted by atomic mass is 16.5. The van der Waals surface area contributed by atoms with E-state index >= 15 is 0 Å². The van der Waals surface area contributed by atoms with Crippen LogP contribution in [0.1, 0.15) is 154 Å². The van der Waals surface area contributed by atoms with Crippen molar-refractivity contribution in [2.45, 2.75) is 149 Å². The Hall–Kier alpha value is -1.51. The van der Waals surface area contributed by atoms with Crippen molar-refractivity contribution < 1.29 is 14.6 Å². The van der Waals surface area contributed by atoms with Crippen molar-refractivity contribution >= 4 is 5.97 Å². The predicted octanol–water partition coefficient (Wildman–Crippen LogP) is 10.1. The van der Waals surface area contributed by atoms with Crippen LogP contribution in [0, 0.1) is 5.92 Å². The number of ether oxygens (including phenoxy) is 1. The molecule has 1 rings (SSSR count). The second-order valence-corrected chi connectivity index (χ2v) is 10.6. The lowest BCUT2D eigenvalue weighted by Crippen LogP contribution is -2.14. The molecule has 0 aliphatic rings. The highest BCUT2D eigenvalue weighted by Gasteiger charge is 2.14. The number of esters is 1. The maximum atomic E-state index is 12.3. The summed E-state index contributed by atoms with van der Waals surface area (Å²) in [6, 6.07) is 7.68. The summed E-state index contributed by atoms with van der Waals surface area (Å²) in [7, 11) is 0. The fourth-order valence-corrected chi connectivity index (χ4v) is 4.95. The van der Waals surface area contributed by atoms with Crippen molar-refractivity contribution in [3.05, 3.63) is 29.8 Å². The zero-order chi connectivity index (χ0) is 25.6. The van der Waals surface area contributed by atoms with Gasteiger partial charge < -0.3 is 9.84 Å². The van der Waals surface area contributed by atoms with Crippen molar-refractivity contribution in [3.63, 3.8) is 0 Å². The fourth-order valence-electron chi connectivity index (χ4n) is 4.95. The van der Waals surface area contributed by atoms with Crippen molar-refractivity contribution in [2.24, 2.45) is 5.92 Å². The molecular weight excluding hydrogens is 432 g/mol. The number of carbonyl (C=O) groups excluding carboxylic acids is 1. The molecule has 0 fully saturated rings. The van der Waals surface area contributed by atoms with Crippen molar-refractivity contribution in [2.75, 3.05) is 6.61 Å². The third-order valence-corrected chi connectivity index (χ3v) is 7.48. The van der Waals surface area contributed by atoms with Crippen molar-refractivity contribution in [1.29, 1.82) is 0 Å². The molecule has 0 radical (unpaired) electrons. The zero-order valence-electron chi connectivity index (χ0n) is 23.4. The Balaban J connectivity index is 2.30. The molecule has 3 heteroatoms. The molecule has 2 atom stereocenters. The van der Waals surface area contributed by atoms with E-state index in [2.05, 4.69) is 32.9 Å². The van der Waals surface area contributed by atoms with Gasteiger partial charge in [0.15, 0.2) is 0 Å². The van der Waals surface area contributed by atoms with Crippen LogP contribution in [0.15, 0.2) is 24.3 Å². The van der Waals surface area contributed by atoms with Gasteiger partial charge in [-0.2, -0.15) is 0 Å².